The Morgan fingerprint density at radius 1 is 1.30 bits per heavy atom. The minimum Gasteiger partial charge on any atom is -0.390 e. The lowest BCUT2D eigenvalue weighted by molar-refractivity contribution is 0.0686. The first-order valence-electron chi connectivity index (χ1n) is 8.38. The van der Waals surface area contributed by atoms with E-state index in [1.165, 1.54) is 4.68 Å². The standard InChI is InChI=1S/C16H25N5O2/c1-3-13-9-15(23-18-13)12-21-16(22)10-14(11-17-21)20-6-4-5-19(2)7-8-20/h10-11,15H,3-9,12H2,1-2H3. The van der Waals surface area contributed by atoms with Crippen LogP contribution in [0.1, 0.15) is 26.2 Å². The number of rotatable bonds is 4. The van der Waals surface area contributed by atoms with Gasteiger partial charge >= 0.3 is 0 Å². The van der Waals surface area contributed by atoms with Gasteiger partial charge in [0.05, 0.1) is 24.1 Å². The van der Waals surface area contributed by atoms with Gasteiger partial charge in [0.1, 0.15) is 0 Å². The first-order chi connectivity index (χ1) is 11.2. The molecular formula is C16H25N5O2. The van der Waals surface area contributed by atoms with Crippen molar-refractivity contribution in [2.24, 2.45) is 5.16 Å². The number of hydrogen-bond acceptors (Lipinski definition) is 6. The average molecular weight is 319 g/mol. The molecule has 1 unspecified atom stereocenters. The van der Waals surface area contributed by atoms with Gasteiger partial charge in [0, 0.05) is 32.1 Å². The van der Waals surface area contributed by atoms with Crippen molar-refractivity contribution in [1.82, 2.24) is 14.7 Å². The normalized spacial score (nSPS) is 22.6. The summed E-state index contributed by atoms with van der Waals surface area (Å²) in [6.45, 7) is 6.52. The maximum Gasteiger partial charge on any atom is 0.268 e. The maximum atomic E-state index is 12.3. The second-order valence-corrected chi connectivity index (χ2v) is 6.32. The van der Waals surface area contributed by atoms with Gasteiger partial charge in [-0.1, -0.05) is 12.1 Å². The Balaban J connectivity index is 1.65. The van der Waals surface area contributed by atoms with Crippen molar-refractivity contribution >= 4 is 11.4 Å². The lowest BCUT2D eigenvalue weighted by atomic mass is 10.1. The highest BCUT2D eigenvalue weighted by Crippen LogP contribution is 2.15. The highest BCUT2D eigenvalue weighted by molar-refractivity contribution is 5.85. The molecule has 0 saturated carbocycles. The molecule has 1 aromatic heterocycles. The van der Waals surface area contributed by atoms with Crippen LogP contribution in [0.3, 0.4) is 0 Å². The molecular weight excluding hydrogens is 294 g/mol. The number of oxime groups is 1. The highest BCUT2D eigenvalue weighted by atomic mass is 16.6. The summed E-state index contributed by atoms with van der Waals surface area (Å²) < 4.78 is 1.48. The van der Waals surface area contributed by atoms with Crippen LogP contribution in [-0.2, 0) is 11.4 Å². The maximum absolute atomic E-state index is 12.3. The van der Waals surface area contributed by atoms with Crippen LogP contribution in [0.25, 0.3) is 0 Å². The van der Waals surface area contributed by atoms with Crippen molar-refractivity contribution in [2.75, 3.05) is 38.1 Å². The molecule has 1 aromatic rings. The summed E-state index contributed by atoms with van der Waals surface area (Å²) in [6.07, 6.45) is 4.50. The summed E-state index contributed by atoms with van der Waals surface area (Å²) in [6, 6.07) is 1.69. The number of likely N-dealkylation sites (N-methyl/N-ethyl adjacent to an activating group) is 1. The quantitative estimate of drug-likeness (QED) is 0.826. The zero-order chi connectivity index (χ0) is 16.2. The fourth-order valence-corrected chi connectivity index (χ4v) is 3.02. The van der Waals surface area contributed by atoms with Gasteiger partial charge < -0.3 is 14.6 Å². The smallest absolute Gasteiger partial charge is 0.268 e. The van der Waals surface area contributed by atoms with E-state index >= 15 is 0 Å². The van der Waals surface area contributed by atoms with Gasteiger partial charge in [-0.15, -0.1) is 0 Å². The molecule has 23 heavy (non-hydrogen) atoms. The van der Waals surface area contributed by atoms with Gasteiger partial charge in [0.2, 0.25) is 0 Å². The van der Waals surface area contributed by atoms with E-state index < -0.39 is 0 Å². The largest absolute Gasteiger partial charge is 0.390 e. The van der Waals surface area contributed by atoms with Gasteiger partial charge in [0.25, 0.3) is 5.56 Å². The molecule has 3 rings (SSSR count). The van der Waals surface area contributed by atoms with E-state index in [9.17, 15) is 4.79 Å². The molecule has 0 N–H and O–H groups in total. The third-order valence-electron chi connectivity index (χ3n) is 4.52. The SMILES string of the molecule is CCC1=NOC(Cn2ncc(N3CCCN(C)CC3)cc2=O)C1. The van der Waals surface area contributed by atoms with E-state index in [1.807, 2.05) is 0 Å². The van der Waals surface area contributed by atoms with E-state index in [2.05, 4.69) is 34.0 Å². The first kappa shape index (κ1) is 16.0. The second kappa shape index (κ2) is 7.12. The Bertz CT molecular complexity index is 627. The van der Waals surface area contributed by atoms with Crippen LogP contribution in [-0.4, -0.2) is 59.7 Å². The Labute approximate surface area is 136 Å². The van der Waals surface area contributed by atoms with Crippen LogP contribution >= 0.6 is 0 Å². The van der Waals surface area contributed by atoms with E-state index in [0.717, 1.165) is 56.8 Å². The third-order valence-corrected chi connectivity index (χ3v) is 4.52. The summed E-state index contributed by atoms with van der Waals surface area (Å²) in [5.74, 6) is 0. The van der Waals surface area contributed by atoms with Crippen molar-refractivity contribution in [1.29, 1.82) is 0 Å². The molecule has 0 radical (unpaired) electrons. The Morgan fingerprint density at radius 3 is 2.91 bits per heavy atom. The molecule has 1 fully saturated rings. The molecule has 1 atom stereocenters. The molecule has 0 aromatic carbocycles. The predicted octanol–water partition coefficient (Wildman–Crippen LogP) is 0.940. The lowest BCUT2D eigenvalue weighted by Gasteiger charge is -2.22. The van der Waals surface area contributed by atoms with Crippen molar-refractivity contribution in [2.45, 2.75) is 38.8 Å². The Kier molecular flexibility index (Phi) is 4.95. The zero-order valence-corrected chi connectivity index (χ0v) is 13.9. The summed E-state index contributed by atoms with van der Waals surface area (Å²) in [5, 5.41) is 8.37. The summed E-state index contributed by atoms with van der Waals surface area (Å²) in [7, 11) is 2.13. The van der Waals surface area contributed by atoms with E-state index in [4.69, 9.17) is 4.84 Å². The number of hydrogen-bond donors (Lipinski definition) is 0. The molecule has 0 aliphatic carbocycles. The topological polar surface area (TPSA) is 63.0 Å². The van der Waals surface area contributed by atoms with Gasteiger partial charge in [0.15, 0.2) is 6.10 Å². The summed E-state index contributed by atoms with van der Waals surface area (Å²) in [4.78, 5) is 22.3. The fraction of sp³-hybridized carbons (Fsp3) is 0.688. The molecule has 126 valence electrons. The monoisotopic (exact) mass is 319 g/mol. The van der Waals surface area contributed by atoms with Gasteiger partial charge in [-0.3, -0.25) is 4.79 Å². The molecule has 2 aliphatic rings. The molecule has 0 amide bonds. The third kappa shape index (κ3) is 3.90. The Morgan fingerprint density at radius 2 is 2.17 bits per heavy atom. The summed E-state index contributed by atoms with van der Waals surface area (Å²) in [5.41, 5.74) is 1.89. The summed E-state index contributed by atoms with van der Waals surface area (Å²) >= 11 is 0. The van der Waals surface area contributed by atoms with Crippen LogP contribution in [0.15, 0.2) is 22.2 Å². The van der Waals surface area contributed by atoms with Gasteiger partial charge in [-0.05, 0) is 26.4 Å². The number of anilines is 1. The van der Waals surface area contributed by atoms with Crippen LogP contribution in [0.4, 0.5) is 5.69 Å². The van der Waals surface area contributed by atoms with Gasteiger partial charge in [-0.2, -0.15) is 5.10 Å². The number of aromatic nitrogens is 2. The molecule has 1 saturated heterocycles. The number of nitrogens with zero attached hydrogens (tertiary/aromatic N) is 5. The van der Waals surface area contributed by atoms with E-state index in [1.54, 1.807) is 12.3 Å². The van der Waals surface area contributed by atoms with Crippen molar-refractivity contribution in [3.63, 3.8) is 0 Å². The van der Waals surface area contributed by atoms with E-state index in [0.29, 0.717) is 6.54 Å². The highest BCUT2D eigenvalue weighted by Gasteiger charge is 2.21. The molecule has 2 aliphatic heterocycles. The minimum atomic E-state index is -0.0761. The van der Waals surface area contributed by atoms with Crippen molar-refractivity contribution in [3.8, 4) is 0 Å². The van der Waals surface area contributed by atoms with Crippen LogP contribution < -0.4 is 10.5 Å². The second-order valence-electron chi connectivity index (χ2n) is 6.32. The predicted molar refractivity (Wildman–Crippen MR) is 90.0 cm³/mol. The van der Waals surface area contributed by atoms with Crippen molar-refractivity contribution in [3.05, 3.63) is 22.6 Å². The molecule has 7 nitrogen and oxygen atoms in total. The fourth-order valence-electron chi connectivity index (χ4n) is 3.02. The molecule has 3 heterocycles. The zero-order valence-electron chi connectivity index (χ0n) is 13.9. The molecule has 0 spiro atoms. The van der Waals surface area contributed by atoms with Crippen LogP contribution in [0.2, 0.25) is 0 Å². The lowest BCUT2D eigenvalue weighted by Crippen LogP contribution is -2.32. The van der Waals surface area contributed by atoms with Crippen LogP contribution in [0.5, 0.6) is 0 Å². The van der Waals surface area contributed by atoms with Gasteiger partial charge in [-0.25, -0.2) is 4.68 Å². The van der Waals surface area contributed by atoms with Crippen LogP contribution in [0, 0.1) is 0 Å². The average Bonchev–Trinajstić information content (AvgIpc) is 2.89. The van der Waals surface area contributed by atoms with Crippen molar-refractivity contribution < 1.29 is 4.84 Å². The minimum absolute atomic E-state index is 0.0753. The Hall–Kier alpha value is -1.89. The van der Waals surface area contributed by atoms with E-state index in [-0.39, 0.29) is 11.7 Å². The first-order valence-corrected chi connectivity index (χ1v) is 8.38. The molecule has 0 bridgehead atoms. The molecule has 7 heteroatoms.